The maximum absolute atomic E-state index is 14.2. The van der Waals surface area contributed by atoms with Crippen molar-refractivity contribution in [3.63, 3.8) is 0 Å². The molecule has 1 aromatic carbocycles. The van der Waals surface area contributed by atoms with Gasteiger partial charge in [0.15, 0.2) is 0 Å². The lowest BCUT2D eigenvalue weighted by Gasteiger charge is -2.35. The van der Waals surface area contributed by atoms with Gasteiger partial charge in [-0.25, -0.2) is 4.79 Å². The van der Waals surface area contributed by atoms with E-state index in [0.29, 0.717) is 24.1 Å². The Kier molecular flexibility index (Phi) is 13.2. The van der Waals surface area contributed by atoms with Crippen molar-refractivity contribution in [2.75, 3.05) is 6.54 Å². The number of carbonyl (C=O) groups is 3. The van der Waals surface area contributed by atoms with Crippen molar-refractivity contribution in [2.45, 2.75) is 111 Å². The Morgan fingerprint density at radius 1 is 1.03 bits per heavy atom. The van der Waals surface area contributed by atoms with Crippen LogP contribution in [-0.4, -0.2) is 47.0 Å². The number of rotatable bonds is 13. The van der Waals surface area contributed by atoms with Gasteiger partial charge in [0.1, 0.15) is 17.7 Å². The monoisotopic (exact) mass is 513 g/mol. The van der Waals surface area contributed by atoms with Gasteiger partial charge in [-0.1, -0.05) is 64.2 Å². The third-order valence-corrected chi connectivity index (χ3v) is 5.63. The molecule has 0 saturated carbocycles. The summed E-state index contributed by atoms with van der Waals surface area (Å²) in [6.07, 6.45) is 9.25. The zero-order chi connectivity index (χ0) is 28.2. The molecule has 0 aliphatic carbocycles. The predicted octanol–water partition coefficient (Wildman–Crippen LogP) is 5.58. The van der Waals surface area contributed by atoms with Crippen molar-refractivity contribution in [3.8, 4) is 12.3 Å². The number of terminal acetylenes is 1. The van der Waals surface area contributed by atoms with Gasteiger partial charge in [0.25, 0.3) is 0 Å². The van der Waals surface area contributed by atoms with E-state index in [4.69, 9.17) is 11.2 Å². The molecule has 0 aromatic heterocycles. The Balaban J connectivity index is 3.56. The van der Waals surface area contributed by atoms with Gasteiger partial charge in [-0.05, 0) is 65.0 Å². The van der Waals surface area contributed by atoms with Crippen LogP contribution in [0.3, 0.4) is 0 Å². The molecule has 2 atom stereocenters. The van der Waals surface area contributed by atoms with E-state index in [-0.39, 0.29) is 23.8 Å². The molecule has 1 rings (SSSR count). The molecule has 0 aliphatic heterocycles. The summed E-state index contributed by atoms with van der Waals surface area (Å²) in [5.74, 6) is 2.15. The third kappa shape index (κ3) is 11.3. The molecular formula is C30H47N3O4. The Labute approximate surface area is 224 Å². The van der Waals surface area contributed by atoms with Gasteiger partial charge in [0.05, 0.1) is 0 Å². The molecule has 37 heavy (non-hydrogen) atoms. The normalized spacial score (nSPS) is 13.0. The van der Waals surface area contributed by atoms with Crippen molar-refractivity contribution < 1.29 is 19.1 Å². The molecule has 0 aliphatic rings. The number of hydrogen-bond acceptors (Lipinski definition) is 4. The summed E-state index contributed by atoms with van der Waals surface area (Å²) < 4.78 is 5.45. The maximum Gasteiger partial charge on any atom is 0.408 e. The molecule has 0 bridgehead atoms. The first-order valence-electron chi connectivity index (χ1n) is 13.5. The number of nitrogens with zero attached hydrogens (tertiary/aromatic N) is 1. The Bertz CT molecular complexity index is 927. The number of benzene rings is 1. The van der Waals surface area contributed by atoms with E-state index in [1.807, 2.05) is 39.8 Å². The summed E-state index contributed by atoms with van der Waals surface area (Å²) in [4.78, 5) is 42.1. The van der Waals surface area contributed by atoms with Crippen LogP contribution < -0.4 is 10.6 Å². The van der Waals surface area contributed by atoms with Gasteiger partial charge in [-0.15, -0.1) is 6.42 Å². The summed E-state index contributed by atoms with van der Waals surface area (Å²) in [6.45, 7) is 15.5. The molecule has 0 heterocycles. The van der Waals surface area contributed by atoms with Crippen molar-refractivity contribution in [2.24, 2.45) is 5.92 Å². The molecule has 0 spiro atoms. The molecule has 7 nitrogen and oxygen atoms in total. The van der Waals surface area contributed by atoms with Gasteiger partial charge in [-0.2, -0.15) is 0 Å². The third-order valence-electron chi connectivity index (χ3n) is 5.63. The molecule has 7 heteroatoms. The second-order valence-electron chi connectivity index (χ2n) is 11.2. The fourth-order valence-electron chi connectivity index (χ4n) is 4.10. The number of nitrogens with one attached hydrogen (secondary N) is 2. The second-order valence-corrected chi connectivity index (χ2v) is 11.2. The molecule has 0 fully saturated rings. The molecule has 2 unspecified atom stereocenters. The molecule has 0 radical (unpaired) electrons. The average Bonchev–Trinajstić information content (AvgIpc) is 2.78. The summed E-state index contributed by atoms with van der Waals surface area (Å²) >= 11 is 0. The quantitative estimate of drug-likeness (QED) is 0.266. The molecule has 0 saturated heterocycles. The van der Waals surface area contributed by atoms with Crippen LogP contribution in [0.15, 0.2) is 24.3 Å². The lowest BCUT2D eigenvalue weighted by atomic mass is 9.95. The first kappa shape index (κ1) is 32.0. The highest BCUT2D eigenvalue weighted by Gasteiger charge is 2.37. The fourth-order valence-corrected chi connectivity index (χ4v) is 4.10. The molecule has 1 aromatic rings. The van der Waals surface area contributed by atoms with Gasteiger partial charge < -0.3 is 20.3 Å². The standard InChI is InChI=1S/C30H47N3O4/c1-10-12-13-16-19-33(28(35)25(20-21(3)4)32-29(36)37-30(7,8)9)26(27(34)31-22(5)6)24-18-15-14-17-23(24)11-2/h2,14-15,17-18,21-22,25-26H,10,12-13,16,19-20H2,1,3-9H3,(H,31,34)(H,32,36). The summed E-state index contributed by atoms with van der Waals surface area (Å²) in [6, 6.07) is 5.29. The number of carbonyl (C=O) groups excluding carboxylic acids is 3. The molecule has 3 amide bonds. The lowest BCUT2D eigenvalue weighted by molar-refractivity contribution is -0.143. The van der Waals surface area contributed by atoms with Crippen LogP contribution in [0.2, 0.25) is 0 Å². The number of hydrogen-bond donors (Lipinski definition) is 2. The van der Waals surface area contributed by atoms with E-state index in [9.17, 15) is 14.4 Å². The van der Waals surface area contributed by atoms with Gasteiger partial charge in [-0.3, -0.25) is 9.59 Å². The summed E-state index contributed by atoms with van der Waals surface area (Å²) in [5, 5.41) is 5.74. The number of unbranched alkanes of at least 4 members (excludes halogenated alkanes) is 3. The van der Waals surface area contributed by atoms with Crippen LogP contribution in [0.1, 0.15) is 105 Å². The predicted molar refractivity (Wildman–Crippen MR) is 149 cm³/mol. The maximum atomic E-state index is 14.2. The van der Waals surface area contributed by atoms with Crippen LogP contribution in [0.5, 0.6) is 0 Å². The summed E-state index contributed by atoms with van der Waals surface area (Å²) in [7, 11) is 0. The van der Waals surface area contributed by atoms with Crippen LogP contribution >= 0.6 is 0 Å². The highest BCUT2D eigenvalue weighted by molar-refractivity contribution is 5.92. The largest absolute Gasteiger partial charge is 0.444 e. The van der Waals surface area contributed by atoms with Gasteiger partial charge >= 0.3 is 6.09 Å². The summed E-state index contributed by atoms with van der Waals surface area (Å²) in [5.41, 5.74) is 0.437. The SMILES string of the molecule is C#Cc1ccccc1C(C(=O)NC(C)C)N(CCCCCC)C(=O)C(CC(C)C)NC(=O)OC(C)(C)C. The van der Waals surface area contributed by atoms with Crippen molar-refractivity contribution in [1.29, 1.82) is 0 Å². The highest BCUT2D eigenvalue weighted by Crippen LogP contribution is 2.27. The minimum absolute atomic E-state index is 0.117. The molecule has 2 N–H and O–H groups in total. The van der Waals surface area contributed by atoms with E-state index < -0.39 is 23.8 Å². The zero-order valence-electron chi connectivity index (χ0n) is 24.0. The molecule has 206 valence electrons. The van der Waals surface area contributed by atoms with Crippen molar-refractivity contribution in [1.82, 2.24) is 15.5 Å². The Hall–Kier alpha value is -3.01. The van der Waals surface area contributed by atoms with Gasteiger partial charge in [0.2, 0.25) is 11.8 Å². The highest BCUT2D eigenvalue weighted by atomic mass is 16.6. The van der Waals surface area contributed by atoms with E-state index in [1.165, 1.54) is 0 Å². The first-order valence-corrected chi connectivity index (χ1v) is 13.5. The molecular weight excluding hydrogens is 466 g/mol. The minimum atomic E-state index is -0.932. The lowest BCUT2D eigenvalue weighted by Crippen LogP contribution is -2.54. The van der Waals surface area contributed by atoms with Crippen molar-refractivity contribution in [3.05, 3.63) is 35.4 Å². The van der Waals surface area contributed by atoms with Crippen LogP contribution in [-0.2, 0) is 14.3 Å². The average molecular weight is 514 g/mol. The zero-order valence-corrected chi connectivity index (χ0v) is 24.0. The van der Waals surface area contributed by atoms with Crippen LogP contribution in [0, 0.1) is 18.3 Å². The number of ether oxygens (including phenoxy) is 1. The van der Waals surface area contributed by atoms with Crippen LogP contribution in [0.4, 0.5) is 4.79 Å². The minimum Gasteiger partial charge on any atom is -0.444 e. The Morgan fingerprint density at radius 3 is 2.22 bits per heavy atom. The Morgan fingerprint density at radius 2 is 1.68 bits per heavy atom. The van der Waals surface area contributed by atoms with Crippen LogP contribution in [0.25, 0.3) is 0 Å². The van der Waals surface area contributed by atoms with E-state index in [1.54, 1.807) is 37.8 Å². The second kappa shape index (κ2) is 15.3. The van der Waals surface area contributed by atoms with E-state index in [2.05, 4.69) is 23.5 Å². The smallest absolute Gasteiger partial charge is 0.408 e. The fraction of sp³-hybridized carbons (Fsp3) is 0.633. The topological polar surface area (TPSA) is 87.7 Å². The van der Waals surface area contributed by atoms with Crippen molar-refractivity contribution >= 4 is 17.9 Å². The number of amides is 3. The number of alkyl carbamates (subject to hydrolysis) is 1. The van der Waals surface area contributed by atoms with E-state index in [0.717, 1.165) is 25.7 Å². The van der Waals surface area contributed by atoms with E-state index >= 15 is 0 Å². The van der Waals surface area contributed by atoms with Gasteiger partial charge in [0, 0.05) is 18.2 Å². The first-order chi connectivity index (χ1) is 17.3.